The summed E-state index contributed by atoms with van der Waals surface area (Å²) in [5.74, 6) is 8.87. The third-order valence-electron chi connectivity index (χ3n) is 12.2. The van der Waals surface area contributed by atoms with Crippen LogP contribution in [0.15, 0.2) is 0 Å². The summed E-state index contributed by atoms with van der Waals surface area (Å²) in [6.07, 6.45) is 17.9. The third-order valence-corrected chi connectivity index (χ3v) is 15.6. The summed E-state index contributed by atoms with van der Waals surface area (Å²) in [6, 6.07) is 0. The van der Waals surface area contributed by atoms with Gasteiger partial charge in [0.2, 0.25) is 0 Å². The van der Waals surface area contributed by atoms with Crippen molar-refractivity contribution >= 4 is 23.5 Å². The van der Waals surface area contributed by atoms with Gasteiger partial charge < -0.3 is 5.11 Å². The van der Waals surface area contributed by atoms with Crippen LogP contribution in [0.25, 0.3) is 0 Å². The quantitative estimate of drug-likeness (QED) is 0.388. The van der Waals surface area contributed by atoms with Gasteiger partial charge in [-0.3, -0.25) is 0 Å². The lowest BCUT2D eigenvalue weighted by Gasteiger charge is -2.63. The van der Waals surface area contributed by atoms with Gasteiger partial charge in [-0.05, 0) is 128 Å². The van der Waals surface area contributed by atoms with E-state index in [1.165, 1.54) is 82.1 Å². The summed E-state index contributed by atoms with van der Waals surface area (Å²) in [6.45, 7) is 12.8. The molecular weight excluding hydrogens is 452 g/mol. The van der Waals surface area contributed by atoms with Crippen LogP contribution in [0, 0.1) is 52.3 Å². The molecule has 5 fully saturated rings. The van der Waals surface area contributed by atoms with Crippen LogP contribution in [0.5, 0.6) is 0 Å². The molecular formula is C31H54OS2. The Kier molecular flexibility index (Phi) is 7.80. The normalized spacial score (nSPS) is 48.3. The zero-order valence-electron chi connectivity index (χ0n) is 23.0. The van der Waals surface area contributed by atoms with Crippen molar-refractivity contribution in [2.24, 2.45) is 52.3 Å². The average Bonchev–Trinajstić information content (AvgIpc) is 3.17. The van der Waals surface area contributed by atoms with E-state index in [1.807, 2.05) is 0 Å². The van der Waals surface area contributed by atoms with Gasteiger partial charge in [0.25, 0.3) is 0 Å². The lowest BCUT2D eigenvalue weighted by atomic mass is 9.43. The fourth-order valence-electron chi connectivity index (χ4n) is 10.3. The van der Waals surface area contributed by atoms with E-state index in [2.05, 4.69) is 58.1 Å². The fourth-order valence-corrected chi connectivity index (χ4v) is 13.6. The number of hydrogen-bond donors (Lipinski definition) is 1. The highest BCUT2D eigenvalue weighted by Crippen LogP contribution is 2.69. The number of rotatable bonds is 6. The highest BCUT2D eigenvalue weighted by atomic mass is 32.2. The molecule has 1 aliphatic heterocycles. The van der Waals surface area contributed by atoms with Crippen molar-refractivity contribution in [1.82, 2.24) is 0 Å². The van der Waals surface area contributed by atoms with Gasteiger partial charge in [-0.15, -0.1) is 23.5 Å². The Morgan fingerprint density at radius 3 is 2.29 bits per heavy atom. The van der Waals surface area contributed by atoms with Crippen LogP contribution in [0.3, 0.4) is 0 Å². The molecule has 3 heteroatoms. The Bertz CT molecular complexity index is 704. The summed E-state index contributed by atoms with van der Waals surface area (Å²) in [4.78, 5) is 0. The molecule has 0 radical (unpaired) electrons. The first-order valence-electron chi connectivity index (χ1n) is 15.1. The number of aliphatic hydroxyl groups is 1. The van der Waals surface area contributed by atoms with Crippen LogP contribution in [-0.4, -0.2) is 26.8 Å². The predicted octanol–water partition coefficient (Wildman–Crippen LogP) is 9.04. The first-order valence-corrected chi connectivity index (χ1v) is 17.2. The molecule has 0 amide bonds. The van der Waals surface area contributed by atoms with Crippen molar-refractivity contribution < 1.29 is 5.11 Å². The molecule has 0 aromatic carbocycles. The smallest absolute Gasteiger partial charge is 0.0859 e. The van der Waals surface area contributed by atoms with Gasteiger partial charge in [-0.2, -0.15) is 0 Å². The van der Waals surface area contributed by atoms with Crippen molar-refractivity contribution in [1.29, 1.82) is 0 Å². The zero-order chi connectivity index (χ0) is 24.1. The van der Waals surface area contributed by atoms with Gasteiger partial charge in [0.05, 0.1) is 10.2 Å². The highest BCUT2D eigenvalue weighted by Gasteiger charge is 2.62. The third kappa shape index (κ3) is 4.57. The van der Waals surface area contributed by atoms with Crippen molar-refractivity contribution in [3.63, 3.8) is 0 Å². The lowest BCUT2D eigenvalue weighted by Crippen LogP contribution is -2.57. The lowest BCUT2D eigenvalue weighted by molar-refractivity contribution is -0.148. The van der Waals surface area contributed by atoms with Crippen LogP contribution in [-0.2, 0) is 0 Å². The molecule has 9 atom stereocenters. The minimum atomic E-state index is -0.403. The second-order valence-electron chi connectivity index (χ2n) is 14.4. The first-order chi connectivity index (χ1) is 16.2. The summed E-state index contributed by atoms with van der Waals surface area (Å²) in [7, 11) is 0. The van der Waals surface area contributed by atoms with Gasteiger partial charge in [0, 0.05) is 0 Å². The molecule has 4 aliphatic carbocycles. The van der Waals surface area contributed by atoms with Crippen molar-refractivity contribution in [2.45, 2.75) is 128 Å². The number of thioether (sulfide) groups is 2. The summed E-state index contributed by atoms with van der Waals surface area (Å²) >= 11 is 4.13. The fraction of sp³-hybridized carbons (Fsp3) is 1.00. The maximum atomic E-state index is 11.8. The van der Waals surface area contributed by atoms with E-state index in [-0.39, 0.29) is 0 Å². The summed E-state index contributed by atoms with van der Waals surface area (Å²) in [5.41, 5.74) is 0.688. The molecule has 1 saturated heterocycles. The Morgan fingerprint density at radius 2 is 1.56 bits per heavy atom. The molecule has 0 aromatic rings. The van der Waals surface area contributed by atoms with Crippen LogP contribution in [0.2, 0.25) is 0 Å². The monoisotopic (exact) mass is 506 g/mol. The molecule has 196 valence electrons. The molecule has 1 N–H and O–H groups in total. The van der Waals surface area contributed by atoms with Crippen LogP contribution in [0.4, 0.5) is 0 Å². The van der Waals surface area contributed by atoms with Gasteiger partial charge >= 0.3 is 0 Å². The highest BCUT2D eigenvalue weighted by molar-refractivity contribution is 8.17. The number of fused-ring (bicyclic) bond motifs is 5. The first kappa shape index (κ1) is 26.3. The van der Waals surface area contributed by atoms with E-state index in [0.717, 1.165) is 54.3 Å². The predicted molar refractivity (Wildman–Crippen MR) is 151 cm³/mol. The van der Waals surface area contributed by atoms with E-state index < -0.39 is 5.60 Å². The standard InChI is InChI=1S/C31H54OS2/c1-21(2)8-6-9-22(3)25-12-13-26-24-11-10-23-20-31(32,28-33-18-7-19-34-28)17-16-29(23,4)27(24)14-15-30(25,26)5/h21-28,32H,6-20H2,1-5H3/t22-,23+,24+,25-,26+,27+,29+,30-,31?/m1/s1. The van der Waals surface area contributed by atoms with E-state index in [9.17, 15) is 5.11 Å². The molecule has 0 bridgehead atoms. The molecule has 0 spiro atoms. The maximum absolute atomic E-state index is 11.8. The van der Waals surface area contributed by atoms with Crippen molar-refractivity contribution in [3.05, 3.63) is 0 Å². The van der Waals surface area contributed by atoms with E-state index >= 15 is 0 Å². The van der Waals surface area contributed by atoms with Gasteiger partial charge in [0.1, 0.15) is 0 Å². The summed E-state index contributed by atoms with van der Waals surface area (Å²) < 4.78 is 0.436. The Hall–Kier alpha value is 0.660. The topological polar surface area (TPSA) is 20.2 Å². The number of hydrogen-bond acceptors (Lipinski definition) is 3. The minimum absolute atomic E-state index is 0.403. The molecule has 1 unspecified atom stereocenters. The van der Waals surface area contributed by atoms with Crippen molar-refractivity contribution in [2.75, 3.05) is 11.5 Å². The SMILES string of the molecule is CC(C)CCC[C@@H](C)[C@H]1CC[C@H]2[C@@H]3CC[C@H]4CC(O)(C5SCCCS5)CC[C@]4(C)[C@H]3CC[C@]12C. The Labute approximate surface area is 220 Å². The van der Waals surface area contributed by atoms with Crippen LogP contribution >= 0.6 is 23.5 Å². The Morgan fingerprint density at radius 1 is 0.824 bits per heavy atom. The minimum Gasteiger partial charge on any atom is -0.388 e. The molecule has 4 saturated carbocycles. The molecule has 1 heterocycles. The second-order valence-corrected chi connectivity index (χ2v) is 17.1. The van der Waals surface area contributed by atoms with Crippen LogP contribution < -0.4 is 0 Å². The second kappa shape index (κ2) is 10.1. The molecule has 0 aromatic heterocycles. The molecule has 1 nitrogen and oxygen atoms in total. The van der Waals surface area contributed by atoms with E-state index in [4.69, 9.17) is 0 Å². The van der Waals surface area contributed by atoms with Gasteiger partial charge in [0.15, 0.2) is 0 Å². The molecule has 5 rings (SSSR count). The molecule has 34 heavy (non-hydrogen) atoms. The molecule has 5 aliphatic rings. The van der Waals surface area contributed by atoms with Gasteiger partial charge in [-0.1, -0.05) is 53.9 Å². The maximum Gasteiger partial charge on any atom is 0.0859 e. The van der Waals surface area contributed by atoms with Crippen LogP contribution in [0.1, 0.15) is 118 Å². The van der Waals surface area contributed by atoms with Crippen molar-refractivity contribution in [3.8, 4) is 0 Å². The average molecular weight is 507 g/mol. The van der Waals surface area contributed by atoms with Gasteiger partial charge in [-0.25, -0.2) is 0 Å². The zero-order valence-corrected chi connectivity index (χ0v) is 24.6. The Balaban J connectivity index is 1.26. The summed E-state index contributed by atoms with van der Waals surface area (Å²) in [5, 5.41) is 11.8. The van der Waals surface area contributed by atoms with E-state index in [0.29, 0.717) is 15.4 Å². The largest absolute Gasteiger partial charge is 0.388 e. The van der Waals surface area contributed by atoms with E-state index in [1.54, 1.807) is 0 Å².